The molecule has 2 saturated heterocycles. The van der Waals surface area contributed by atoms with Crippen molar-refractivity contribution in [1.29, 1.82) is 0 Å². The number of anilines is 1. The lowest BCUT2D eigenvalue weighted by Gasteiger charge is -2.30. The summed E-state index contributed by atoms with van der Waals surface area (Å²) in [7, 11) is -7.24. The maximum absolute atomic E-state index is 13.1. The van der Waals surface area contributed by atoms with E-state index < -0.39 is 20.0 Å². The van der Waals surface area contributed by atoms with Gasteiger partial charge in [0.2, 0.25) is 26.0 Å². The van der Waals surface area contributed by atoms with E-state index in [1.54, 1.807) is 30.3 Å². The van der Waals surface area contributed by atoms with Crippen molar-refractivity contribution in [2.45, 2.75) is 68.1 Å². The number of nitrogens with zero attached hydrogens (tertiary/aromatic N) is 2. The van der Waals surface area contributed by atoms with Crippen LogP contribution in [0.1, 0.15) is 63.9 Å². The highest BCUT2D eigenvalue weighted by Crippen LogP contribution is 2.27. The highest BCUT2D eigenvalue weighted by molar-refractivity contribution is 7.89. The summed E-state index contributed by atoms with van der Waals surface area (Å²) in [5.41, 5.74) is 1.51. The van der Waals surface area contributed by atoms with Gasteiger partial charge >= 0.3 is 0 Å². The first kappa shape index (κ1) is 27.8. The molecule has 2 aromatic rings. The Labute approximate surface area is 221 Å². The van der Waals surface area contributed by atoms with Crippen molar-refractivity contribution < 1.29 is 21.6 Å². The first-order valence-electron chi connectivity index (χ1n) is 13.1. The molecular weight excluding hydrogens is 510 g/mol. The zero-order valence-corrected chi connectivity index (χ0v) is 23.2. The van der Waals surface area contributed by atoms with Gasteiger partial charge in [-0.1, -0.05) is 44.9 Å². The molecule has 37 heavy (non-hydrogen) atoms. The van der Waals surface area contributed by atoms with Gasteiger partial charge in [-0.2, -0.15) is 8.61 Å². The van der Waals surface area contributed by atoms with Gasteiger partial charge in [0.1, 0.15) is 0 Å². The molecule has 2 aromatic carbocycles. The van der Waals surface area contributed by atoms with Crippen LogP contribution in [0.4, 0.5) is 5.69 Å². The standard InChI is InChI=1S/C27H37N3O5S2/c1-21(2)22-10-12-25(13-11-22)36(32,33)30-18-14-23(15-19-30)27(31)28-24-8-7-9-26(20-24)37(34,35)29-16-5-3-4-6-17-29/h7-13,20-21,23H,3-6,14-19H2,1-2H3,(H,28,31). The Hall–Kier alpha value is -2.27. The number of carbonyl (C=O) groups excluding carboxylic acids is 1. The molecule has 8 nitrogen and oxygen atoms in total. The molecule has 1 amide bonds. The van der Waals surface area contributed by atoms with Gasteiger partial charge in [0.05, 0.1) is 9.79 Å². The van der Waals surface area contributed by atoms with Gasteiger partial charge in [0.25, 0.3) is 0 Å². The van der Waals surface area contributed by atoms with E-state index >= 15 is 0 Å². The second kappa shape index (κ2) is 11.6. The summed E-state index contributed by atoms with van der Waals surface area (Å²) >= 11 is 0. The summed E-state index contributed by atoms with van der Waals surface area (Å²) in [6, 6.07) is 13.4. The van der Waals surface area contributed by atoms with Crippen LogP contribution in [0, 0.1) is 5.92 Å². The number of sulfonamides is 2. The summed E-state index contributed by atoms with van der Waals surface area (Å²) in [6.45, 7) is 5.67. The minimum absolute atomic E-state index is 0.177. The van der Waals surface area contributed by atoms with Gasteiger partial charge < -0.3 is 5.32 Å². The average molecular weight is 548 g/mol. The summed E-state index contributed by atoms with van der Waals surface area (Å²) < 4.78 is 55.4. The Kier molecular flexibility index (Phi) is 8.73. The number of hydrogen-bond donors (Lipinski definition) is 1. The maximum Gasteiger partial charge on any atom is 0.243 e. The van der Waals surface area contributed by atoms with Crippen molar-refractivity contribution in [3.05, 3.63) is 54.1 Å². The monoisotopic (exact) mass is 547 g/mol. The van der Waals surface area contributed by atoms with Gasteiger partial charge in [-0.05, 0) is 67.5 Å². The molecule has 0 spiro atoms. The molecule has 0 bridgehead atoms. The highest BCUT2D eigenvalue weighted by Gasteiger charge is 2.32. The minimum Gasteiger partial charge on any atom is -0.326 e. The van der Waals surface area contributed by atoms with Crippen LogP contribution in [0.25, 0.3) is 0 Å². The Balaban J connectivity index is 1.37. The molecule has 2 fully saturated rings. The first-order valence-corrected chi connectivity index (χ1v) is 16.0. The lowest BCUT2D eigenvalue weighted by Crippen LogP contribution is -2.41. The topological polar surface area (TPSA) is 104 Å². The SMILES string of the molecule is CC(C)c1ccc(S(=O)(=O)N2CCC(C(=O)Nc3cccc(S(=O)(=O)N4CCCCCC4)c3)CC2)cc1. The predicted molar refractivity (Wildman–Crippen MR) is 144 cm³/mol. The molecule has 1 N–H and O–H groups in total. The number of amides is 1. The second-order valence-corrected chi connectivity index (χ2v) is 14.1. The van der Waals surface area contributed by atoms with Gasteiger partial charge in [-0.25, -0.2) is 16.8 Å². The molecule has 0 saturated carbocycles. The lowest BCUT2D eigenvalue weighted by molar-refractivity contribution is -0.120. The first-order chi connectivity index (χ1) is 17.6. The number of rotatable bonds is 7. The fourth-order valence-corrected chi connectivity index (χ4v) is 7.98. The Morgan fingerprint density at radius 1 is 0.784 bits per heavy atom. The normalized spacial score (nSPS) is 19.0. The van der Waals surface area contributed by atoms with Crippen molar-refractivity contribution in [2.24, 2.45) is 5.92 Å². The fraction of sp³-hybridized carbons (Fsp3) is 0.519. The molecule has 2 aliphatic heterocycles. The van der Waals surface area contributed by atoms with Crippen LogP contribution < -0.4 is 5.32 Å². The summed E-state index contributed by atoms with van der Waals surface area (Å²) in [4.78, 5) is 13.4. The van der Waals surface area contributed by atoms with Crippen LogP contribution in [-0.2, 0) is 24.8 Å². The third-order valence-corrected chi connectivity index (χ3v) is 11.1. The van der Waals surface area contributed by atoms with Gasteiger partial charge in [0.15, 0.2) is 0 Å². The minimum atomic E-state index is -3.62. The predicted octanol–water partition coefficient (Wildman–Crippen LogP) is 4.41. The van der Waals surface area contributed by atoms with E-state index in [2.05, 4.69) is 19.2 Å². The van der Waals surface area contributed by atoms with Crippen LogP contribution in [0.2, 0.25) is 0 Å². The molecule has 0 aromatic heterocycles. The number of piperidine rings is 1. The Morgan fingerprint density at radius 2 is 1.35 bits per heavy atom. The van der Waals surface area contributed by atoms with Crippen molar-refractivity contribution in [1.82, 2.24) is 8.61 Å². The molecule has 2 heterocycles. The fourth-order valence-electron chi connectivity index (χ4n) is 4.94. The third kappa shape index (κ3) is 6.42. The van der Waals surface area contributed by atoms with Crippen LogP contribution in [-0.4, -0.2) is 57.5 Å². The quantitative estimate of drug-likeness (QED) is 0.553. The van der Waals surface area contributed by atoms with Crippen LogP contribution in [0.5, 0.6) is 0 Å². The van der Waals surface area contributed by atoms with Gasteiger partial charge in [-0.15, -0.1) is 0 Å². The molecule has 2 aliphatic rings. The zero-order chi connectivity index (χ0) is 26.6. The molecule has 0 atom stereocenters. The van der Waals surface area contributed by atoms with Crippen molar-refractivity contribution in [3.63, 3.8) is 0 Å². The van der Waals surface area contributed by atoms with Crippen molar-refractivity contribution >= 4 is 31.6 Å². The van der Waals surface area contributed by atoms with Crippen molar-refractivity contribution in [2.75, 3.05) is 31.5 Å². The Bertz CT molecular complexity index is 1290. The van der Waals surface area contributed by atoms with Gasteiger partial charge in [0, 0.05) is 37.8 Å². The van der Waals surface area contributed by atoms with Crippen LogP contribution >= 0.6 is 0 Å². The van der Waals surface area contributed by atoms with E-state index in [0.717, 1.165) is 31.2 Å². The van der Waals surface area contributed by atoms with E-state index in [9.17, 15) is 21.6 Å². The van der Waals surface area contributed by atoms with Crippen molar-refractivity contribution in [3.8, 4) is 0 Å². The molecular formula is C27H37N3O5S2. The van der Waals surface area contributed by atoms with E-state index in [1.807, 2.05) is 12.1 Å². The number of nitrogens with one attached hydrogen (secondary N) is 1. The highest BCUT2D eigenvalue weighted by atomic mass is 32.2. The molecule has 4 rings (SSSR count). The number of carbonyl (C=O) groups is 1. The van der Waals surface area contributed by atoms with E-state index in [1.165, 1.54) is 14.7 Å². The number of hydrogen-bond acceptors (Lipinski definition) is 5. The molecule has 0 aliphatic carbocycles. The molecule has 0 unspecified atom stereocenters. The summed E-state index contributed by atoms with van der Waals surface area (Å²) in [6.07, 6.45) is 4.59. The zero-order valence-electron chi connectivity index (χ0n) is 21.6. The second-order valence-electron chi connectivity index (χ2n) is 10.2. The van der Waals surface area contributed by atoms with E-state index in [4.69, 9.17) is 0 Å². The molecule has 202 valence electrons. The molecule has 10 heteroatoms. The van der Waals surface area contributed by atoms with Crippen LogP contribution in [0.15, 0.2) is 58.3 Å². The number of benzene rings is 2. The molecule has 0 radical (unpaired) electrons. The summed E-state index contributed by atoms with van der Waals surface area (Å²) in [5, 5.41) is 2.85. The maximum atomic E-state index is 13.1. The van der Waals surface area contributed by atoms with Gasteiger partial charge in [-0.3, -0.25) is 4.79 Å². The van der Waals surface area contributed by atoms with Crippen LogP contribution in [0.3, 0.4) is 0 Å². The third-order valence-electron chi connectivity index (χ3n) is 7.31. The van der Waals surface area contributed by atoms with E-state index in [0.29, 0.717) is 37.5 Å². The largest absolute Gasteiger partial charge is 0.326 e. The van der Waals surface area contributed by atoms with E-state index in [-0.39, 0.29) is 34.7 Å². The lowest BCUT2D eigenvalue weighted by atomic mass is 9.97. The smallest absolute Gasteiger partial charge is 0.243 e. The average Bonchev–Trinajstić information content (AvgIpc) is 3.19. The Morgan fingerprint density at radius 3 is 1.95 bits per heavy atom. The summed E-state index contributed by atoms with van der Waals surface area (Å²) in [5.74, 6) is -0.246.